The predicted molar refractivity (Wildman–Crippen MR) is 102 cm³/mol. The monoisotopic (exact) mass is 379 g/mol. The van der Waals surface area contributed by atoms with E-state index < -0.39 is 0 Å². The zero-order valence-electron chi connectivity index (χ0n) is 13.0. The van der Waals surface area contributed by atoms with Gasteiger partial charge in [-0.05, 0) is 23.8 Å². The van der Waals surface area contributed by atoms with Crippen molar-refractivity contribution in [1.82, 2.24) is 10.3 Å². The van der Waals surface area contributed by atoms with Gasteiger partial charge in [-0.3, -0.25) is 9.78 Å². The minimum Gasteiger partial charge on any atom is -0.507 e. The van der Waals surface area contributed by atoms with Crippen molar-refractivity contribution in [2.24, 2.45) is 0 Å². The standard InChI is InChI=1S/C18H9N3O3S2/c19-6-10-3-9(1-2-14(10)22)13-8-20-7-11-4-12(24-16(11)13)5-15-17(23)21-18(25)26-15/h1-5,7-8,22H,(H,21,23,25)/b15-5-. The molecule has 1 amide bonds. The molecule has 1 aliphatic rings. The molecule has 1 aromatic carbocycles. The first kappa shape index (κ1) is 16.3. The Hall–Kier alpha value is -3.15. The Balaban J connectivity index is 1.82. The highest BCUT2D eigenvalue weighted by Crippen LogP contribution is 2.34. The summed E-state index contributed by atoms with van der Waals surface area (Å²) in [6.07, 6.45) is 4.91. The molecule has 1 saturated heterocycles. The highest BCUT2D eigenvalue weighted by molar-refractivity contribution is 8.26. The third-order valence-electron chi connectivity index (χ3n) is 3.79. The third kappa shape index (κ3) is 2.83. The van der Waals surface area contributed by atoms with E-state index in [0.717, 1.165) is 5.39 Å². The summed E-state index contributed by atoms with van der Waals surface area (Å²) in [5.74, 6) is 0.161. The van der Waals surface area contributed by atoms with Crippen molar-refractivity contribution in [3.63, 3.8) is 0 Å². The van der Waals surface area contributed by atoms with Gasteiger partial charge in [0.05, 0.1) is 10.5 Å². The molecule has 26 heavy (non-hydrogen) atoms. The summed E-state index contributed by atoms with van der Waals surface area (Å²) in [5, 5.41) is 22.1. The molecule has 0 unspecified atom stereocenters. The van der Waals surface area contributed by atoms with Crippen molar-refractivity contribution >= 4 is 51.3 Å². The summed E-state index contributed by atoms with van der Waals surface area (Å²) in [5.41, 5.74) is 2.12. The number of rotatable bonds is 2. The first-order valence-corrected chi connectivity index (χ1v) is 8.63. The lowest BCUT2D eigenvalue weighted by molar-refractivity contribution is -0.115. The molecule has 0 aliphatic carbocycles. The molecule has 3 aromatic rings. The number of furan rings is 1. The summed E-state index contributed by atoms with van der Waals surface area (Å²) in [6.45, 7) is 0. The van der Waals surface area contributed by atoms with Gasteiger partial charge in [0.25, 0.3) is 5.91 Å². The number of thiocarbonyl (C=S) groups is 1. The Kier molecular flexibility index (Phi) is 3.95. The van der Waals surface area contributed by atoms with Crippen LogP contribution in [0, 0.1) is 11.3 Å². The van der Waals surface area contributed by atoms with Crippen molar-refractivity contribution in [3.8, 4) is 22.9 Å². The number of nitrogens with zero attached hydrogens (tertiary/aromatic N) is 2. The lowest BCUT2D eigenvalue weighted by atomic mass is 10.0. The predicted octanol–water partition coefficient (Wildman–Crippen LogP) is 3.56. The van der Waals surface area contributed by atoms with Gasteiger partial charge in [0, 0.05) is 29.4 Å². The van der Waals surface area contributed by atoms with Gasteiger partial charge >= 0.3 is 0 Å². The lowest BCUT2D eigenvalue weighted by Gasteiger charge is -2.03. The molecule has 8 heteroatoms. The van der Waals surface area contributed by atoms with Crippen LogP contribution in [0.15, 0.2) is 46.0 Å². The number of benzene rings is 1. The molecular weight excluding hydrogens is 370 g/mol. The lowest BCUT2D eigenvalue weighted by Crippen LogP contribution is -2.17. The maximum Gasteiger partial charge on any atom is 0.263 e. The number of nitrogens with one attached hydrogen (secondary N) is 1. The van der Waals surface area contributed by atoms with Gasteiger partial charge in [-0.15, -0.1) is 0 Å². The van der Waals surface area contributed by atoms with Gasteiger partial charge < -0.3 is 14.8 Å². The first-order chi connectivity index (χ1) is 12.5. The number of thioether (sulfide) groups is 1. The third-order valence-corrected chi connectivity index (χ3v) is 4.95. The van der Waals surface area contributed by atoms with Crippen LogP contribution in [0.5, 0.6) is 5.75 Å². The average molecular weight is 379 g/mol. The van der Waals surface area contributed by atoms with Gasteiger partial charge in [-0.1, -0.05) is 30.0 Å². The molecule has 6 nitrogen and oxygen atoms in total. The number of fused-ring (bicyclic) bond motifs is 1. The Morgan fingerprint density at radius 2 is 2.19 bits per heavy atom. The molecular formula is C18H9N3O3S2. The molecule has 0 bridgehead atoms. The van der Waals surface area contributed by atoms with E-state index in [2.05, 4.69) is 10.3 Å². The molecule has 0 atom stereocenters. The number of phenolic OH excluding ortho intramolecular Hbond substituents is 1. The van der Waals surface area contributed by atoms with Crippen LogP contribution in [-0.4, -0.2) is 20.3 Å². The molecule has 126 valence electrons. The fraction of sp³-hybridized carbons (Fsp3) is 0. The Morgan fingerprint density at radius 1 is 1.35 bits per heavy atom. The highest BCUT2D eigenvalue weighted by atomic mass is 32.2. The van der Waals surface area contributed by atoms with Crippen molar-refractivity contribution in [2.75, 3.05) is 0 Å². The van der Waals surface area contributed by atoms with Crippen LogP contribution in [0.4, 0.5) is 0 Å². The molecule has 3 heterocycles. The first-order valence-electron chi connectivity index (χ1n) is 7.41. The number of hydrogen-bond acceptors (Lipinski definition) is 7. The van der Waals surface area contributed by atoms with Crippen LogP contribution in [0.3, 0.4) is 0 Å². The molecule has 1 fully saturated rings. The summed E-state index contributed by atoms with van der Waals surface area (Å²) in [7, 11) is 0. The second-order valence-corrected chi connectivity index (χ2v) is 7.17. The second kappa shape index (κ2) is 6.29. The molecule has 0 saturated carbocycles. The highest BCUT2D eigenvalue weighted by Gasteiger charge is 2.23. The molecule has 2 aromatic heterocycles. The van der Waals surface area contributed by atoms with E-state index in [1.165, 1.54) is 17.8 Å². The van der Waals surface area contributed by atoms with Crippen LogP contribution in [0.25, 0.3) is 28.2 Å². The van der Waals surface area contributed by atoms with E-state index in [1.54, 1.807) is 36.7 Å². The Labute approximate surface area is 157 Å². The fourth-order valence-corrected chi connectivity index (χ4v) is 3.63. The van der Waals surface area contributed by atoms with E-state index >= 15 is 0 Å². The smallest absolute Gasteiger partial charge is 0.263 e. The minimum absolute atomic E-state index is 0.0820. The molecule has 2 N–H and O–H groups in total. The molecule has 4 rings (SSSR count). The summed E-state index contributed by atoms with van der Waals surface area (Å²) < 4.78 is 6.31. The van der Waals surface area contributed by atoms with Gasteiger partial charge in [-0.25, -0.2) is 0 Å². The van der Waals surface area contributed by atoms with Crippen LogP contribution < -0.4 is 5.32 Å². The number of amides is 1. The summed E-state index contributed by atoms with van der Waals surface area (Å²) >= 11 is 6.15. The van der Waals surface area contributed by atoms with Crippen molar-refractivity contribution in [3.05, 3.63) is 52.9 Å². The molecule has 0 radical (unpaired) electrons. The normalized spacial score (nSPS) is 15.4. The maximum absolute atomic E-state index is 11.8. The number of aromatic nitrogens is 1. The number of carbonyl (C=O) groups is 1. The fourth-order valence-electron chi connectivity index (χ4n) is 2.60. The van der Waals surface area contributed by atoms with E-state index in [-0.39, 0.29) is 17.2 Å². The number of pyridine rings is 1. The van der Waals surface area contributed by atoms with Gasteiger partial charge in [-0.2, -0.15) is 5.26 Å². The number of carbonyl (C=O) groups excluding carboxylic acids is 1. The van der Waals surface area contributed by atoms with Crippen LogP contribution >= 0.6 is 24.0 Å². The maximum atomic E-state index is 11.8. The topological polar surface area (TPSA) is 99.2 Å². The number of aromatic hydroxyl groups is 1. The number of nitriles is 1. The van der Waals surface area contributed by atoms with Crippen molar-refractivity contribution in [1.29, 1.82) is 5.26 Å². The van der Waals surface area contributed by atoms with Gasteiger partial charge in [0.15, 0.2) is 0 Å². The van der Waals surface area contributed by atoms with Crippen LogP contribution in [0.1, 0.15) is 11.3 Å². The Bertz CT molecular complexity index is 1160. The van der Waals surface area contributed by atoms with Crippen LogP contribution in [0.2, 0.25) is 0 Å². The summed E-state index contributed by atoms with van der Waals surface area (Å²) in [6, 6.07) is 8.44. The van der Waals surface area contributed by atoms with Gasteiger partial charge in [0.1, 0.15) is 27.5 Å². The number of hydrogen-bond donors (Lipinski definition) is 2. The second-order valence-electron chi connectivity index (χ2n) is 5.45. The van der Waals surface area contributed by atoms with Crippen LogP contribution in [-0.2, 0) is 4.79 Å². The zero-order chi connectivity index (χ0) is 18.3. The Morgan fingerprint density at radius 3 is 2.92 bits per heavy atom. The quantitative estimate of drug-likeness (QED) is 0.519. The SMILES string of the molecule is N#Cc1cc(-c2cncc3cc(/C=C4\SC(=S)NC4=O)oc23)ccc1O. The molecule has 0 spiro atoms. The van der Waals surface area contributed by atoms with E-state index in [4.69, 9.17) is 21.9 Å². The summed E-state index contributed by atoms with van der Waals surface area (Å²) in [4.78, 5) is 16.5. The van der Waals surface area contributed by atoms with E-state index in [1.807, 2.05) is 6.07 Å². The average Bonchev–Trinajstić information content (AvgIpc) is 3.17. The molecule has 1 aliphatic heterocycles. The van der Waals surface area contributed by atoms with Gasteiger partial charge in [0.2, 0.25) is 0 Å². The number of phenols is 1. The van der Waals surface area contributed by atoms with E-state index in [0.29, 0.717) is 31.7 Å². The largest absolute Gasteiger partial charge is 0.507 e. The minimum atomic E-state index is -0.254. The van der Waals surface area contributed by atoms with Crippen molar-refractivity contribution < 1.29 is 14.3 Å². The van der Waals surface area contributed by atoms with E-state index in [9.17, 15) is 9.90 Å². The zero-order valence-corrected chi connectivity index (χ0v) is 14.6. The van der Waals surface area contributed by atoms with Crippen molar-refractivity contribution in [2.45, 2.75) is 0 Å².